The molecule has 0 spiro atoms. The molecule has 3 rings (SSSR count). The van der Waals surface area contributed by atoms with Gasteiger partial charge >= 0.3 is 5.97 Å². The van der Waals surface area contributed by atoms with Crippen LogP contribution in [0, 0.1) is 23.7 Å². The van der Waals surface area contributed by atoms with Gasteiger partial charge in [0.05, 0.1) is 36.6 Å². The number of hydrogen-bond acceptors (Lipinski definition) is 10. The maximum Gasteiger partial charge on any atom is 0.307 e. The van der Waals surface area contributed by atoms with Crippen molar-refractivity contribution in [2.45, 2.75) is 129 Å². The largest absolute Gasteiger partial charge is 0.481 e. The number of nitrogens with zero attached hydrogens (tertiary/aromatic N) is 7. The molecule has 1 aromatic rings. The minimum absolute atomic E-state index is 0.0115. The molecule has 0 unspecified atom stereocenters. The highest BCUT2D eigenvalue weighted by molar-refractivity contribution is 6.12. The Bertz CT molecular complexity index is 1890. The molecular weight excluding hydrogens is 871 g/mol. The summed E-state index contributed by atoms with van der Waals surface area (Å²) in [4.78, 5) is 107. The first-order chi connectivity index (χ1) is 32.2. The number of ketones is 1. The van der Waals surface area contributed by atoms with Crippen LogP contribution in [0.3, 0.4) is 0 Å². The molecule has 2 aliphatic heterocycles. The molecule has 0 aliphatic carbocycles. The van der Waals surface area contributed by atoms with Crippen LogP contribution >= 0.6 is 0 Å². The molecule has 2 aliphatic rings. The van der Waals surface area contributed by atoms with Gasteiger partial charge < -0.3 is 39.1 Å². The highest BCUT2D eigenvalue weighted by Gasteiger charge is 2.43. The number of carboxylic acid groups (broad SMARTS) is 1. The van der Waals surface area contributed by atoms with E-state index in [-0.39, 0.29) is 66.4 Å². The number of likely N-dealkylation sites (N-methyl/N-ethyl adjacent to an activating group) is 3. The molecule has 17 nitrogen and oxygen atoms in total. The fraction of sp³-hybridized carbons (Fsp3) is 0.686. The monoisotopic (exact) mass is 952 g/mol. The first-order valence-corrected chi connectivity index (χ1v) is 24.3. The van der Waals surface area contributed by atoms with Crippen LogP contribution in [0.15, 0.2) is 47.5 Å². The van der Waals surface area contributed by atoms with Gasteiger partial charge in [0.15, 0.2) is 5.96 Å². The number of hydrogen-bond donors (Lipinski definition) is 1. The Morgan fingerprint density at radius 1 is 0.853 bits per heavy atom. The van der Waals surface area contributed by atoms with Gasteiger partial charge in [-0.25, -0.2) is 4.99 Å². The van der Waals surface area contributed by atoms with E-state index >= 15 is 0 Å². The topological polar surface area (TPSA) is 190 Å². The van der Waals surface area contributed by atoms with Crippen LogP contribution < -0.4 is 0 Å². The maximum atomic E-state index is 14.7. The van der Waals surface area contributed by atoms with Gasteiger partial charge in [0.2, 0.25) is 17.7 Å². The number of carboxylic acids is 1. The van der Waals surface area contributed by atoms with Crippen molar-refractivity contribution < 1.29 is 48.1 Å². The van der Waals surface area contributed by atoms with E-state index in [1.165, 1.54) is 24.2 Å². The second-order valence-electron chi connectivity index (χ2n) is 19.2. The first-order valence-electron chi connectivity index (χ1n) is 24.3. The number of imide groups is 1. The van der Waals surface area contributed by atoms with E-state index in [0.717, 1.165) is 5.56 Å². The summed E-state index contributed by atoms with van der Waals surface area (Å²) in [5, 5.41) is 10.0. The summed E-state index contributed by atoms with van der Waals surface area (Å²) in [5.41, 5.74) is 0.838. The summed E-state index contributed by atoms with van der Waals surface area (Å²) in [7, 11) is 12.2. The van der Waals surface area contributed by atoms with Crippen LogP contribution in [-0.4, -0.2) is 188 Å². The lowest BCUT2D eigenvalue weighted by Crippen LogP contribution is -2.55. The molecule has 380 valence electrons. The number of ether oxygens (including phenoxy) is 2. The Morgan fingerprint density at radius 3 is 2.04 bits per heavy atom. The average molecular weight is 952 g/mol. The predicted octanol–water partition coefficient (Wildman–Crippen LogP) is 4.63. The maximum absolute atomic E-state index is 14.7. The van der Waals surface area contributed by atoms with Gasteiger partial charge in [-0.2, -0.15) is 0 Å². The molecule has 2 heterocycles. The molecule has 1 saturated heterocycles. The van der Waals surface area contributed by atoms with Crippen molar-refractivity contribution in [2.24, 2.45) is 28.7 Å². The summed E-state index contributed by atoms with van der Waals surface area (Å²) in [6.07, 6.45) is 5.65. The molecule has 17 heteroatoms. The lowest BCUT2D eigenvalue weighted by atomic mass is 9.85. The Balaban J connectivity index is 1.70. The van der Waals surface area contributed by atoms with Gasteiger partial charge in [-0.15, -0.1) is 0 Å². The molecule has 1 aromatic carbocycles. The number of unbranched alkanes of at least 4 members (excludes halogenated alkanes) is 2. The van der Waals surface area contributed by atoms with Crippen LogP contribution in [0.5, 0.6) is 0 Å². The van der Waals surface area contributed by atoms with Crippen molar-refractivity contribution in [1.82, 2.24) is 29.4 Å². The van der Waals surface area contributed by atoms with E-state index in [2.05, 4.69) is 0 Å². The number of amides is 5. The van der Waals surface area contributed by atoms with Crippen molar-refractivity contribution in [2.75, 3.05) is 75.6 Å². The van der Waals surface area contributed by atoms with Crippen molar-refractivity contribution in [3.8, 4) is 0 Å². The minimum atomic E-state index is -1.04. The van der Waals surface area contributed by atoms with Gasteiger partial charge in [-0.3, -0.25) is 38.5 Å². The Hall–Kier alpha value is -5.16. The molecule has 1 fully saturated rings. The van der Waals surface area contributed by atoms with E-state index in [0.29, 0.717) is 77.1 Å². The third kappa shape index (κ3) is 16.0. The quantitative estimate of drug-likeness (QED) is 0.0532. The van der Waals surface area contributed by atoms with Crippen molar-refractivity contribution in [1.29, 1.82) is 0 Å². The van der Waals surface area contributed by atoms with Gasteiger partial charge in [0.25, 0.3) is 11.8 Å². The number of carbonyl (C=O) groups excluding carboxylic acids is 6. The van der Waals surface area contributed by atoms with Crippen LogP contribution in [0.1, 0.15) is 98.0 Å². The fourth-order valence-corrected chi connectivity index (χ4v) is 9.38. The summed E-state index contributed by atoms with van der Waals surface area (Å²) in [6.45, 7) is 11.4. The van der Waals surface area contributed by atoms with Crippen LogP contribution in [0.4, 0.5) is 0 Å². The average Bonchev–Trinajstić information content (AvgIpc) is 3.92. The smallest absolute Gasteiger partial charge is 0.307 e. The third-order valence-corrected chi connectivity index (χ3v) is 13.7. The van der Waals surface area contributed by atoms with E-state index in [1.54, 1.807) is 42.8 Å². The molecule has 0 bridgehead atoms. The van der Waals surface area contributed by atoms with E-state index in [4.69, 9.17) is 14.5 Å². The van der Waals surface area contributed by atoms with Gasteiger partial charge in [-0.1, -0.05) is 77.8 Å². The fourth-order valence-electron chi connectivity index (χ4n) is 9.38. The number of benzene rings is 1. The normalized spacial score (nSPS) is 18.2. The second-order valence-corrected chi connectivity index (χ2v) is 19.2. The highest BCUT2D eigenvalue weighted by Crippen LogP contribution is 2.31. The molecule has 0 radical (unpaired) electrons. The molecule has 0 saturated carbocycles. The number of aliphatic imine (C=N–C) groups is 1. The number of likely N-dealkylation sites (tertiary alicyclic amines) is 1. The number of guanidine groups is 1. The van der Waals surface area contributed by atoms with Gasteiger partial charge in [-0.05, 0) is 49.5 Å². The van der Waals surface area contributed by atoms with Crippen LogP contribution in [0.2, 0.25) is 0 Å². The van der Waals surface area contributed by atoms with Crippen LogP contribution in [-0.2, 0) is 49.5 Å². The van der Waals surface area contributed by atoms with Crippen molar-refractivity contribution in [3.63, 3.8) is 0 Å². The van der Waals surface area contributed by atoms with Gasteiger partial charge in [0.1, 0.15) is 11.8 Å². The highest BCUT2D eigenvalue weighted by atomic mass is 16.5. The molecule has 1 N–H and O–H groups in total. The lowest BCUT2D eigenvalue weighted by molar-refractivity contribution is -0.147. The number of carbonyl (C=O) groups is 7. The van der Waals surface area contributed by atoms with Crippen molar-refractivity contribution in [3.05, 3.63) is 48.0 Å². The summed E-state index contributed by atoms with van der Waals surface area (Å²) in [5.74, 6) is -3.52. The Labute approximate surface area is 405 Å². The zero-order chi connectivity index (χ0) is 50.8. The molecule has 5 amide bonds. The predicted molar refractivity (Wildman–Crippen MR) is 261 cm³/mol. The van der Waals surface area contributed by atoms with Crippen molar-refractivity contribution >= 4 is 47.2 Å². The summed E-state index contributed by atoms with van der Waals surface area (Å²) in [6, 6.07) is 7.57. The zero-order valence-electron chi connectivity index (χ0n) is 42.9. The SMILES string of the molecule is CC[C@H](C)[C@@H]([C@@H](CC(=O)N1CCC[C@H]1[C@H](OC)[C@@H](C)C(=O)C[C@@H](Cc1ccccc1)C(=O)O)OC)N(C)C(=O)[C@@H](N=C(N(C)C)N(C)CCN(C)C(=O)CCCCCN1C(=O)C=CC1=O)C(C)C. The summed E-state index contributed by atoms with van der Waals surface area (Å²) >= 11 is 0. The lowest BCUT2D eigenvalue weighted by Gasteiger charge is -2.40. The molecule has 68 heavy (non-hydrogen) atoms. The molecular formula is C51H81N7O10. The molecule has 8 atom stereocenters. The second kappa shape index (κ2) is 27.7. The minimum Gasteiger partial charge on any atom is -0.481 e. The van der Waals surface area contributed by atoms with E-state index < -0.39 is 48.1 Å². The number of Topliss-reactive ketones (excluding diaryl/α,β-unsaturated/α-hetero) is 1. The van der Waals surface area contributed by atoms with Gasteiger partial charge in [0, 0.05) is 107 Å². The Kier molecular flexibility index (Phi) is 23.3. The standard InChI is InChI=1S/C51H81N7O10/c1-13-35(4)47(41(67-11)33-45(63)57-28-20-23-39(57)48(68-12)36(5)40(59)32-38(50(65)66)31-37-21-16-14-17-22-37)56(10)49(64)46(34(2)3)52-51(53(6)7)55(9)30-29-54(8)42(60)24-18-15-19-27-58-43(61)25-26-44(58)62/h14,16-17,21-22,25-26,34-36,38-39,41,46-48H,13,15,18-20,23-24,27-33H2,1-12H3,(H,65,66)/t35-,36-,38+,39-,41+,46-,47-,48+/m0/s1. The number of aliphatic carboxylic acids is 1. The number of methoxy groups -OCH3 is 2. The zero-order valence-corrected chi connectivity index (χ0v) is 42.9. The summed E-state index contributed by atoms with van der Waals surface area (Å²) < 4.78 is 12.1. The Morgan fingerprint density at radius 2 is 1.49 bits per heavy atom. The third-order valence-electron chi connectivity index (χ3n) is 13.7. The van der Waals surface area contributed by atoms with Crippen LogP contribution in [0.25, 0.3) is 0 Å². The van der Waals surface area contributed by atoms with E-state index in [1.807, 2.05) is 89.0 Å². The van der Waals surface area contributed by atoms with E-state index in [9.17, 15) is 38.7 Å². The first kappa shape index (κ1) is 57.2. The number of rotatable bonds is 28. The molecule has 0 aromatic heterocycles.